The molecule has 2 aromatic rings. The van der Waals surface area contributed by atoms with Gasteiger partial charge in [-0.15, -0.1) is 0 Å². The van der Waals surface area contributed by atoms with Crippen LogP contribution in [0.5, 0.6) is 0 Å². The molecule has 1 heterocycles. The lowest BCUT2D eigenvalue weighted by Crippen LogP contribution is -2.44. The van der Waals surface area contributed by atoms with Gasteiger partial charge in [-0.1, -0.05) is 67.6 Å². The molecule has 0 N–H and O–H groups in total. The average molecular weight is 391 g/mol. The summed E-state index contributed by atoms with van der Waals surface area (Å²) in [5.41, 5.74) is 2.67. The first-order valence-electron chi connectivity index (χ1n) is 11.3. The van der Waals surface area contributed by atoms with Gasteiger partial charge in [0.15, 0.2) is 0 Å². The first-order chi connectivity index (χ1) is 14.2. The van der Waals surface area contributed by atoms with Crippen molar-refractivity contribution in [3.63, 3.8) is 0 Å². The molecule has 0 aromatic heterocycles. The number of hydrogen-bond acceptors (Lipinski definition) is 2. The van der Waals surface area contributed by atoms with Gasteiger partial charge >= 0.3 is 0 Å². The van der Waals surface area contributed by atoms with Crippen molar-refractivity contribution < 1.29 is 4.79 Å². The lowest BCUT2D eigenvalue weighted by Gasteiger charge is -2.35. The molecule has 1 aliphatic heterocycles. The number of likely N-dealkylation sites (tertiary alicyclic amines) is 1. The minimum atomic E-state index is 0.208. The fraction of sp³-hybridized carbons (Fsp3) is 0.500. The summed E-state index contributed by atoms with van der Waals surface area (Å²) in [4.78, 5) is 18.0. The van der Waals surface area contributed by atoms with Gasteiger partial charge in [0.2, 0.25) is 5.91 Å². The van der Waals surface area contributed by atoms with Crippen molar-refractivity contribution in [2.24, 2.45) is 11.8 Å². The van der Waals surface area contributed by atoms with Crippen LogP contribution in [0, 0.1) is 11.8 Å². The predicted octanol–water partition coefficient (Wildman–Crippen LogP) is 4.77. The Morgan fingerprint density at radius 1 is 0.931 bits per heavy atom. The molecule has 0 radical (unpaired) electrons. The van der Waals surface area contributed by atoms with Crippen LogP contribution in [0.25, 0.3) is 0 Å². The highest BCUT2D eigenvalue weighted by Crippen LogP contribution is 2.32. The van der Waals surface area contributed by atoms with Crippen LogP contribution in [0.2, 0.25) is 0 Å². The van der Waals surface area contributed by atoms with Crippen molar-refractivity contribution in [1.82, 2.24) is 9.80 Å². The van der Waals surface area contributed by atoms with Gasteiger partial charge in [-0.05, 0) is 62.2 Å². The highest BCUT2D eigenvalue weighted by atomic mass is 16.2. The van der Waals surface area contributed by atoms with Crippen LogP contribution in [0.1, 0.15) is 43.7 Å². The van der Waals surface area contributed by atoms with E-state index in [9.17, 15) is 4.79 Å². The van der Waals surface area contributed by atoms with Crippen molar-refractivity contribution in [1.29, 1.82) is 0 Å². The molecule has 154 valence electrons. The molecular weight excluding hydrogens is 356 g/mol. The number of carbonyl (C=O) groups excluding carboxylic acids is 1. The van der Waals surface area contributed by atoms with Gasteiger partial charge in [0.1, 0.15) is 0 Å². The Morgan fingerprint density at radius 2 is 1.52 bits per heavy atom. The zero-order valence-corrected chi connectivity index (χ0v) is 17.7. The Hall–Kier alpha value is -2.13. The molecule has 3 heteroatoms. The first-order valence-corrected chi connectivity index (χ1v) is 11.3. The van der Waals surface area contributed by atoms with E-state index in [1.54, 1.807) is 0 Å². The summed E-state index contributed by atoms with van der Waals surface area (Å²) in [6, 6.07) is 21.7. The summed E-state index contributed by atoms with van der Waals surface area (Å²) in [5, 5.41) is 0. The topological polar surface area (TPSA) is 23.6 Å². The third kappa shape index (κ3) is 5.70. The average Bonchev–Trinajstić information content (AvgIpc) is 3.59. The zero-order chi connectivity index (χ0) is 20.1. The van der Waals surface area contributed by atoms with Gasteiger partial charge in [0.25, 0.3) is 0 Å². The number of rotatable bonds is 8. The third-order valence-corrected chi connectivity index (χ3v) is 6.40. The van der Waals surface area contributed by atoms with E-state index < -0.39 is 0 Å². The Kier molecular flexibility index (Phi) is 6.66. The number of carbonyl (C=O) groups is 1. The number of nitrogens with zero attached hydrogens (tertiary/aromatic N) is 2. The van der Waals surface area contributed by atoms with Crippen molar-refractivity contribution in [3.8, 4) is 0 Å². The Bertz CT molecular complexity index is 764. The summed E-state index contributed by atoms with van der Waals surface area (Å²) in [6.07, 6.45) is 5.50. The molecule has 4 rings (SSSR count). The Balaban J connectivity index is 1.26. The molecule has 0 spiro atoms. The van der Waals surface area contributed by atoms with Gasteiger partial charge < -0.3 is 9.80 Å². The smallest absolute Gasteiger partial charge is 0.226 e. The summed E-state index contributed by atoms with van der Waals surface area (Å²) in [6.45, 7) is 6.36. The molecule has 2 aliphatic rings. The molecular formula is C26H34N2O. The van der Waals surface area contributed by atoms with Gasteiger partial charge in [-0.2, -0.15) is 0 Å². The zero-order valence-electron chi connectivity index (χ0n) is 17.7. The second-order valence-corrected chi connectivity index (χ2v) is 9.05. The van der Waals surface area contributed by atoms with Crippen LogP contribution < -0.4 is 0 Å². The summed E-state index contributed by atoms with van der Waals surface area (Å²) in [5.74, 6) is 1.25. The molecule has 0 unspecified atom stereocenters. The van der Waals surface area contributed by atoms with Crippen LogP contribution in [-0.4, -0.2) is 41.4 Å². The summed E-state index contributed by atoms with van der Waals surface area (Å²) < 4.78 is 0. The maximum Gasteiger partial charge on any atom is 0.226 e. The molecule has 0 bridgehead atoms. The highest BCUT2D eigenvalue weighted by molar-refractivity contribution is 5.79. The quantitative estimate of drug-likeness (QED) is 0.648. The van der Waals surface area contributed by atoms with Crippen LogP contribution in [0.15, 0.2) is 60.7 Å². The molecule has 1 amide bonds. The monoisotopic (exact) mass is 390 g/mol. The lowest BCUT2D eigenvalue weighted by atomic mass is 9.93. The molecule has 3 nitrogen and oxygen atoms in total. The number of amides is 1. The molecule has 1 aliphatic carbocycles. The number of benzene rings is 2. The first kappa shape index (κ1) is 20.2. The van der Waals surface area contributed by atoms with Gasteiger partial charge in [-0.3, -0.25) is 4.79 Å². The van der Waals surface area contributed by atoms with Crippen LogP contribution >= 0.6 is 0 Å². The fourth-order valence-electron chi connectivity index (χ4n) is 4.67. The van der Waals surface area contributed by atoms with E-state index in [4.69, 9.17) is 0 Å². The van der Waals surface area contributed by atoms with Crippen molar-refractivity contribution in [3.05, 3.63) is 71.8 Å². The van der Waals surface area contributed by atoms with Crippen molar-refractivity contribution in [2.45, 2.75) is 51.6 Å². The Morgan fingerprint density at radius 3 is 2.10 bits per heavy atom. The standard InChI is InChI=1S/C26H34N2O/c1-21(18-22-8-4-2-5-9-22)19-27-16-14-24(15-17-27)26(29)28(25-12-13-25)20-23-10-6-3-7-11-23/h2-11,21,24-25H,12-20H2,1H3/t21-/m0/s1. The van der Waals surface area contributed by atoms with E-state index >= 15 is 0 Å². The molecule has 2 aromatic carbocycles. The molecule has 29 heavy (non-hydrogen) atoms. The molecule has 1 saturated heterocycles. The van der Waals surface area contributed by atoms with E-state index in [0.717, 1.165) is 45.4 Å². The minimum Gasteiger partial charge on any atom is -0.335 e. The SMILES string of the molecule is C[C@@H](Cc1ccccc1)CN1CCC(C(=O)N(Cc2ccccc2)C2CC2)CC1. The Labute approximate surface area is 175 Å². The van der Waals surface area contributed by atoms with Crippen LogP contribution in [0.4, 0.5) is 0 Å². The van der Waals surface area contributed by atoms with Gasteiger partial charge in [-0.25, -0.2) is 0 Å². The maximum absolute atomic E-state index is 13.3. The van der Waals surface area contributed by atoms with Crippen molar-refractivity contribution in [2.75, 3.05) is 19.6 Å². The maximum atomic E-state index is 13.3. The normalized spacial score (nSPS) is 19.1. The van der Waals surface area contributed by atoms with Crippen LogP contribution in [0.3, 0.4) is 0 Å². The second-order valence-electron chi connectivity index (χ2n) is 9.05. The lowest BCUT2D eigenvalue weighted by molar-refractivity contribution is -0.138. The van der Waals surface area contributed by atoms with Gasteiger partial charge in [0, 0.05) is 25.0 Å². The highest BCUT2D eigenvalue weighted by Gasteiger charge is 2.36. The molecule has 1 atom stereocenters. The predicted molar refractivity (Wildman–Crippen MR) is 118 cm³/mol. The van der Waals surface area contributed by atoms with E-state index in [1.165, 1.54) is 24.0 Å². The van der Waals surface area contributed by atoms with Gasteiger partial charge in [0.05, 0.1) is 0 Å². The fourth-order valence-corrected chi connectivity index (χ4v) is 4.67. The van der Waals surface area contributed by atoms with E-state index in [0.29, 0.717) is 17.9 Å². The van der Waals surface area contributed by atoms with Crippen molar-refractivity contribution >= 4 is 5.91 Å². The van der Waals surface area contributed by atoms with E-state index in [1.807, 2.05) is 6.07 Å². The van der Waals surface area contributed by atoms with Crippen LogP contribution in [-0.2, 0) is 17.8 Å². The number of piperidine rings is 1. The minimum absolute atomic E-state index is 0.208. The molecule has 1 saturated carbocycles. The largest absolute Gasteiger partial charge is 0.335 e. The summed E-state index contributed by atoms with van der Waals surface area (Å²) >= 11 is 0. The third-order valence-electron chi connectivity index (χ3n) is 6.40. The molecule has 2 fully saturated rings. The number of hydrogen-bond donors (Lipinski definition) is 0. The van der Waals surface area contributed by atoms with E-state index in [2.05, 4.69) is 71.3 Å². The summed E-state index contributed by atoms with van der Waals surface area (Å²) in [7, 11) is 0. The second kappa shape index (κ2) is 9.58. The van der Waals surface area contributed by atoms with E-state index in [-0.39, 0.29) is 5.92 Å².